The molecule has 4 heteroatoms. The predicted octanol–water partition coefficient (Wildman–Crippen LogP) is 4.12. The summed E-state index contributed by atoms with van der Waals surface area (Å²) in [5, 5.41) is 1.22. The summed E-state index contributed by atoms with van der Waals surface area (Å²) < 4.78 is 6.17. The number of benzene rings is 1. The maximum Gasteiger partial charge on any atom is 0.0755 e. The van der Waals surface area contributed by atoms with Crippen LogP contribution in [0.15, 0.2) is 54.9 Å². The smallest absolute Gasteiger partial charge is 0.0755 e. The predicted molar refractivity (Wildman–Crippen MR) is 101 cm³/mol. The zero-order valence-corrected chi connectivity index (χ0v) is 14.6. The molecule has 1 aliphatic rings. The van der Waals surface area contributed by atoms with E-state index < -0.39 is 0 Å². The Morgan fingerprint density at radius 2 is 2.12 bits per heavy atom. The largest absolute Gasteiger partial charge is 0.372 e. The molecule has 0 saturated carbocycles. The number of rotatable bonds is 4. The van der Waals surface area contributed by atoms with Gasteiger partial charge in [0.2, 0.25) is 0 Å². The Morgan fingerprint density at radius 1 is 1.20 bits per heavy atom. The summed E-state index contributed by atoms with van der Waals surface area (Å²) in [6.07, 6.45) is 6.18. The maximum absolute atomic E-state index is 6.17. The number of pyridine rings is 2. The lowest BCUT2D eigenvalue weighted by Crippen LogP contribution is -2.39. The molecule has 0 radical (unpaired) electrons. The van der Waals surface area contributed by atoms with Crippen molar-refractivity contribution in [2.24, 2.45) is 0 Å². The highest BCUT2D eigenvalue weighted by atomic mass is 16.5. The number of aromatic nitrogens is 2. The van der Waals surface area contributed by atoms with E-state index >= 15 is 0 Å². The molecule has 25 heavy (non-hydrogen) atoms. The third-order valence-corrected chi connectivity index (χ3v) is 4.75. The summed E-state index contributed by atoms with van der Waals surface area (Å²) in [7, 11) is 0. The van der Waals surface area contributed by atoms with E-state index in [0.29, 0.717) is 6.61 Å². The normalized spacial score (nSPS) is 17.8. The van der Waals surface area contributed by atoms with Gasteiger partial charge in [-0.2, -0.15) is 0 Å². The van der Waals surface area contributed by atoms with Crippen molar-refractivity contribution < 1.29 is 4.74 Å². The van der Waals surface area contributed by atoms with Gasteiger partial charge in [-0.1, -0.05) is 24.3 Å². The lowest BCUT2D eigenvalue weighted by molar-refractivity contribution is 0.0315. The average molecular weight is 333 g/mol. The number of fused-ring (bicyclic) bond motifs is 1. The third kappa shape index (κ3) is 3.64. The first-order valence-corrected chi connectivity index (χ1v) is 8.91. The Hall–Kier alpha value is -2.46. The van der Waals surface area contributed by atoms with Crippen LogP contribution in [0.5, 0.6) is 0 Å². The van der Waals surface area contributed by atoms with Gasteiger partial charge in [-0.25, -0.2) is 0 Å². The third-order valence-electron chi connectivity index (χ3n) is 4.75. The van der Waals surface area contributed by atoms with Crippen LogP contribution in [0.25, 0.3) is 10.9 Å². The van der Waals surface area contributed by atoms with Gasteiger partial charge in [0.1, 0.15) is 0 Å². The summed E-state index contributed by atoms with van der Waals surface area (Å²) >= 11 is 0. The zero-order valence-electron chi connectivity index (χ0n) is 14.6. The zero-order chi connectivity index (χ0) is 17.1. The fourth-order valence-electron chi connectivity index (χ4n) is 3.54. The molecular formula is C21H23N3O. The van der Waals surface area contributed by atoms with Crippen molar-refractivity contribution in [2.45, 2.75) is 32.5 Å². The van der Waals surface area contributed by atoms with Crippen LogP contribution >= 0.6 is 0 Å². The first-order chi connectivity index (χ1) is 12.3. The van der Waals surface area contributed by atoms with Gasteiger partial charge in [0.15, 0.2) is 0 Å². The van der Waals surface area contributed by atoms with Crippen molar-refractivity contribution in [1.82, 2.24) is 9.97 Å². The summed E-state index contributed by atoms with van der Waals surface area (Å²) in [6.45, 7) is 4.69. The van der Waals surface area contributed by atoms with Gasteiger partial charge in [0.05, 0.1) is 18.2 Å². The van der Waals surface area contributed by atoms with E-state index in [4.69, 9.17) is 4.74 Å². The standard InChI is InChI=1S/C21H23N3O/c1-16-12-21(19-8-2-3-9-20(19)23-16)24-11-5-7-18(14-24)25-15-17-6-4-10-22-13-17/h2-4,6,8-10,12-13,18H,5,7,11,14-15H2,1H3/t18-/m1/s1. The molecule has 3 aromatic rings. The minimum absolute atomic E-state index is 0.251. The van der Waals surface area contributed by atoms with Crippen LogP contribution in [0.1, 0.15) is 24.1 Å². The molecule has 1 aliphatic heterocycles. The number of piperidine rings is 1. The second-order valence-corrected chi connectivity index (χ2v) is 6.68. The molecule has 4 nitrogen and oxygen atoms in total. The number of anilines is 1. The number of aryl methyl sites for hydroxylation is 1. The van der Waals surface area contributed by atoms with Crippen LogP contribution in [0.4, 0.5) is 5.69 Å². The van der Waals surface area contributed by atoms with E-state index in [-0.39, 0.29) is 6.10 Å². The minimum atomic E-state index is 0.251. The Labute approximate surface area is 148 Å². The molecule has 1 atom stereocenters. The fraction of sp³-hybridized carbons (Fsp3) is 0.333. The van der Waals surface area contributed by atoms with E-state index in [2.05, 4.69) is 58.2 Å². The fourth-order valence-corrected chi connectivity index (χ4v) is 3.54. The molecule has 2 aromatic heterocycles. The van der Waals surface area contributed by atoms with E-state index in [1.807, 2.05) is 12.3 Å². The molecule has 0 N–H and O–H groups in total. The summed E-state index contributed by atoms with van der Waals surface area (Å²) in [5.41, 5.74) is 4.53. The monoisotopic (exact) mass is 333 g/mol. The molecule has 0 amide bonds. The van der Waals surface area contributed by atoms with Crippen molar-refractivity contribution in [3.05, 3.63) is 66.1 Å². The Balaban J connectivity index is 1.51. The van der Waals surface area contributed by atoms with Crippen LogP contribution in [-0.4, -0.2) is 29.2 Å². The highest BCUT2D eigenvalue weighted by Gasteiger charge is 2.22. The number of hydrogen-bond acceptors (Lipinski definition) is 4. The van der Waals surface area contributed by atoms with Crippen LogP contribution < -0.4 is 4.90 Å². The molecule has 1 aromatic carbocycles. The van der Waals surface area contributed by atoms with Crippen LogP contribution in [0.3, 0.4) is 0 Å². The number of hydrogen-bond donors (Lipinski definition) is 0. The van der Waals surface area contributed by atoms with E-state index in [1.54, 1.807) is 6.20 Å². The molecule has 0 bridgehead atoms. The lowest BCUT2D eigenvalue weighted by atomic mass is 10.0. The summed E-state index contributed by atoms with van der Waals surface area (Å²) in [5.74, 6) is 0. The highest BCUT2D eigenvalue weighted by Crippen LogP contribution is 2.29. The van der Waals surface area contributed by atoms with Crippen molar-refractivity contribution >= 4 is 16.6 Å². The highest BCUT2D eigenvalue weighted by molar-refractivity contribution is 5.92. The van der Waals surface area contributed by atoms with Crippen LogP contribution in [0, 0.1) is 6.92 Å². The van der Waals surface area contributed by atoms with Gasteiger partial charge in [-0.15, -0.1) is 0 Å². The lowest BCUT2D eigenvalue weighted by Gasteiger charge is -2.35. The van der Waals surface area contributed by atoms with Crippen molar-refractivity contribution in [2.75, 3.05) is 18.0 Å². The summed E-state index contributed by atoms with van der Waals surface area (Å²) in [4.78, 5) is 11.3. The first kappa shape index (κ1) is 16.0. The van der Waals surface area contributed by atoms with E-state index in [9.17, 15) is 0 Å². The van der Waals surface area contributed by atoms with Crippen molar-refractivity contribution in [3.8, 4) is 0 Å². The Bertz CT molecular complexity index is 850. The van der Waals surface area contributed by atoms with Crippen LogP contribution in [0.2, 0.25) is 0 Å². The molecule has 0 aliphatic carbocycles. The SMILES string of the molecule is Cc1cc(N2CCC[C@@H](OCc3cccnc3)C2)c2ccccc2n1. The maximum atomic E-state index is 6.17. The van der Waals surface area contributed by atoms with Crippen molar-refractivity contribution in [3.63, 3.8) is 0 Å². The second kappa shape index (κ2) is 7.19. The molecule has 0 spiro atoms. The topological polar surface area (TPSA) is 38.2 Å². The number of para-hydroxylation sites is 1. The molecular weight excluding hydrogens is 310 g/mol. The molecule has 0 unspecified atom stereocenters. The van der Waals surface area contributed by atoms with E-state index in [1.165, 1.54) is 11.1 Å². The molecule has 1 saturated heterocycles. The van der Waals surface area contributed by atoms with Crippen LogP contribution in [-0.2, 0) is 11.3 Å². The van der Waals surface area contributed by atoms with Gasteiger partial charge in [-0.3, -0.25) is 9.97 Å². The van der Waals surface area contributed by atoms with E-state index in [0.717, 1.165) is 42.7 Å². The Morgan fingerprint density at radius 3 is 3.00 bits per heavy atom. The minimum Gasteiger partial charge on any atom is -0.372 e. The quantitative estimate of drug-likeness (QED) is 0.720. The van der Waals surface area contributed by atoms with Crippen molar-refractivity contribution in [1.29, 1.82) is 0 Å². The molecule has 1 fully saturated rings. The summed E-state index contributed by atoms with van der Waals surface area (Å²) in [6, 6.07) is 14.6. The molecule has 3 heterocycles. The number of ether oxygens (including phenoxy) is 1. The number of nitrogens with zero attached hydrogens (tertiary/aromatic N) is 3. The van der Waals surface area contributed by atoms with Gasteiger partial charge >= 0.3 is 0 Å². The van der Waals surface area contributed by atoms with Gasteiger partial charge in [0, 0.05) is 42.3 Å². The van der Waals surface area contributed by atoms with Gasteiger partial charge in [-0.05, 0) is 43.5 Å². The molecule has 4 rings (SSSR count). The first-order valence-electron chi connectivity index (χ1n) is 8.91. The second-order valence-electron chi connectivity index (χ2n) is 6.68. The van der Waals surface area contributed by atoms with Gasteiger partial charge < -0.3 is 9.64 Å². The Kier molecular flexibility index (Phi) is 4.61. The molecule has 128 valence electrons. The van der Waals surface area contributed by atoms with Gasteiger partial charge in [0.25, 0.3) is 0 Å². The average Bonchev–Trinajstić information content (AvgIpc) is 2.67.